The van der Waals surface area contributed by atoms with E-state index in [1.807, 2.05) is 0 Å². The standard InChI is InChI=1S/C25H29/c1-25(2,3)22-14-12-19(13-15-22)23-11-7-10-20-16-21(17-24(20)23)18-8-5-4-6-9-18/h7,10-18H,4-6,8-9H2,1-3H3. The molecule has 0 saturated heterocycles. The van der Waals surface area contributed by atoms with Gasteiger partial charge in [-0.1, -0.05) is 94.1 Å². The van der Waals surface area contributed by atoms with Gasteiger partial charge in [0, 0.05) is 6.42 Å². The van der Waals surface area contributed by atoms with Crippen LogP contribution in [0.5, 0.6) is 0 Å². The van der Waals surface area contributed by atoms with Crippen molar-refractivity contribution in [2.24, 2.45) is 5.92 Å². The summed E-state index contributed by atoms with van der Waals surface area (Å²) in [6, 6.07) is 15.9. The van der Waals surface area contributed by atoms with E-state index in [1.54, 1.807) is 5.57 Å². The lowest BCUT2D eigenvalue weighted by atomic mass is 9.83. The van der Waals surface area contributed by atoms with Crippen LogP contribution in [-0.4, -0.2) is 0 Å². The molecule has 1 saturated carbocycles. The summed E-state index contributed by atoms with van der Waals surface area (Å²) in [7, 11) is 0. The molecule has 0 heteroatoms. The van der Waals surface area contributed by atoms with Crippen molar-refractivity contribution in [1.29, 1.82) is 0 Å². The lowest BCUT2D eigenvalue weighted by molar-refractivity contribution is 0.408. The first kappa shape index (κ1) is 16.6. The highest BCUT2D eigenvalue weighted by atomic mass is 14.3. The Bertz CT molecular complexity index is 778. The average molecular weight is 330 g/mol. The van der Waals surface area contributed by atoms with E-state index in [0.29, 0.717) is 0 Å². The molecular formula is C25H29. The van der Waals surface area contributed by atoms with Crippen molar-refractivity contribution in [3.8, 4) is 11.1 Å². The minimum absolute atomic E-state index is 0.207. The van der Waals surface area contributed by atoms with Crippen molar-refractivity contribution in [3.63, 3.8) is 0 Å². The smallest absolute Gasteiger partial charge is 0.0167 e. The fraction of sp³-hybridized carbons (Fsp3) is 0.400. The fourth-order valence-electron chi connectivity index (χ4n) is 4.33. The molecule has 2 aromatic carbocycles. The van der Waals surface area contributed by atoms with Gasteiger partial charge in [0.15, 0.2) is 0 Å². The third kappa shape index (κ3) is 3.32. The van der Waals surface area contributed by atoms with Gasteiger partial charge in [0.1, 0.15) is 0 Å². The maximum Gasteiger partial charge on any atom is 0.0167 e. The Morgan fingerprint density at radius 1 is 0.840 bits per heavy atom. The zero-order valence-electron chi connectivity index (χ0n) is 15.8. The molecule has 0 bridgehead atoms. The van der Waals surface area contributed by atoms with E-state index in [-0.39, 0.29) is 5.41 Å². The van der Waals surface area contributed by atoms with Crippen molar-refractivity contribution in [3.05, 3.63) is 71.1 Å². The SMILES string of the molecule is CC(C)(C)c1ccc(-c2cccc3c2C=C(C2CCCCC2)[CH]3)cc1. The van der Waals surface area contributed by atoms with Crippen molar-refractivity contribution in [2.75, 3.05) is 0 Å². The van der Waals surface area contributed by atoms with Crippen LogP contribution >= 0.6 is 0 Å². The molecule has 129 valence electrons. The predicted octanol–water partition coefficient (Wildman–Crippen LogP) is 7.18. The fourth-order valence-corrected chi connectivity index (χ4v) is 4.33. The van der Waals surface area contributed by atoms with Gasteiger partial charge in [-0.3, -0.25) is 0 Å². The Morgan fingerprint density at radius 3 is 2.24 bits per heavy atom. The lowest BCUT2D eigenvalue weighted by Crippen LogP contribution is -2.10. The summed E-state index contributed by atoms with van der Waals surface area (Å²) in [5.41, 5.74) is 8.70. The number of hydrogen-bond donors (Lipinski definition) is 0. The molecule has 2 aliphatic carbocycles. The van der Waals surface area contributed by atoms with E-state index in [2.05, 4.69) is 75.7 Å². The van der Waals surface area contributed by atoms with Gasteiger partial charge < -0.3 is 0 Å². The number of fused-ring (bicyclic) bond motifs is 1. The minimum Gasteiger partial charge on any atom is -0.0613 e. The van der Waals surface area contributed by atoms with Crippen molar-refractivity contribution < 1.29 is 0 Å². The summed E-state index contributed by atoms with van der Waals surface area (Å²) in [6.07, 6.45) is 11.9. The van der Waals surface area contributed by atoms with Crippen LogP contribution < -0.4 is 0 Å². The summed E-state index contributed by atoms with van der Waals surface area (Å²) in [4.78, 5) is 0. The van der Waals surface area contributed by atoms with Gasteiger partial charge in [-0.2, -0.15) is 0 Å². The first-order chi connectivity index (χ1) is 12.0. The van der Waals surface area contributed by atoms with E-state index in [0.717, 1.165) is 5.92 Å². The number of allylic oxidation sites excluding steroid dienone is 1. The topological polar surface area (TPSA) is 0 Å². The molecule has 0 atom stereocenters. The van der Waals surface area contributed by atoms with Crippen LogP contribution in [0.3, 0.4) is 0 Å². The van der Waals surface area contributed by atoms with E-state index in [4.69, 9.17) is 0 Å². The number of hydrogen-bond acceptors (Lipinski definition) is 0. The van der Waals surface area contributed by atoms with Gasteiger partial charge in [0.2, 0.25) is 0 Å². The van der Waals surface area contributed by atoms with Gasteiger partial charge in [0.25, 0.3) is 0 Å². The molecule has 0 aromatic heterocycles. The second-order valence-corrected chi connectivity index (χ2v) is 8.76. The number of rotatable bonds is 2. The van der Waals surface area contributed by atoms with Crippen LogP contribution in [0.2, 0.25) is 0 Å². The Labute approximate surface area is 153 Å². The van der Waals surface area contributed by atoms with E-state index in [9.17, 15) is 0 Å². The Kier molecular flexibility index (Phi) is 4.31. The van der Waals surface area contributed by atoms with Crippen molar-refractivity contribution in [2.45, 2.75) is 58.3 Å². The molecule has 1 radical (unpaired) electrons. The highest BCUT2D eigenvalue weighted by molar-refractivity contribution is 5.83. The maximum atomic E-state index is 2.47. The molecule has 0 N–H and O–H groups in total. The molecule has 0 nitrogen and oxygen atoms in total. The Morgan fingerprint density at radius 2 is 1.56 bits per heavy atom. The van der Waals surface area contributed by atoms with Crippen LogP contribution in [0, 0.1) is 12.3 Å². The molecule has 1 fully saturated rings. The molecule has 25 heavy (non-hydrogen) atoms. The summed E-state index contributed by atoms with van der Waals surface area (Å²) in [5, 5.41) is 0. The molecule has 4 rings (SSSR count). The first-order valence-corrected chi connectivity index (χ1v) is 9.83. The molecule has 0 heterocycles. The van der Waals surface area contributed by atoms with Crippen molar-refractivity contribution in [1.82, 2.24) is 0 Å². The quantitative estimate of drug-likeness (QED) is 0.547. The number of benzene rings is 2. The average Bonchev–Trinajstić information content (AvgIpc) is 3.06. The van der Waals surface area contributed by atoms with Crippen molar-refractivity contribution >= 4 is 6.08 Å². The molecule has 2 aliphatic rings. The highest BCUT2D eigenvalue weighted by Gasteiger charge is 2.24. The minimum atomic E-state index is 0.207. The zero-order chi connectivity index (χ0) is 17.4. The molecule has 2 aromatic rings. The molecular weight excluding hydrogens is 300 g/mol. The summed E-state index contributed by atoms with van der Waals surface area (Å²) >= 11 is 0. The molecule has 0 spiro atoms. The van der Waals surface area contributed by atoms with Crippen LogP contribution in [0.15, 0.2) is 48.0 Å². The predicted molar refractivity (Wildman–Crippen MR) is 109 cm³/mol. The second-order valence-electron chi connectivity index (χ2n) is 8.76. The third-order valence-electron chi connectivity index (χ3n) is 5.91. The van der Waals surface area contributed by atoms with Crippen LogP contribution in [0.25, 0.3) is 17.2 Å². The third-order valence-corrected chi connectivity index (χ3v) is 5.91. The van der Waals surface area contributed by atoms with Crippen LogP contribution in [0.1, 0.15) is 69.6 Å². The summed E-state index contributed by atoms with van der Waals surface area (Å²) in [6.45, 7) is 6.82. The Balaban J connectivity index is 1.67. The summed E-state index contributed by atoms with van der Waals surface area (Å²) in [5.74, 6) is 0.775. The van der Waals surface area contributed by atoms with Crippen LogP contribution in [0.4, 0.5) is 0 Å². The lowest BCUT2D eigenvalue weighted by Gasteiger charge is -2.22. The molecule has 0 amide bonds. The van der Waals surface area contributed by atoms with E-state index in [1.165, 1.54) is 59.9 Å². The van der Waals surface area contributed by atoms with E-state index < -0.39 is 0 Å². The first-order valence-electron chi connectivity index (χ1n) is 9.83. The van der Waals surface area contributed by atoms with Gasteiger partial charge in [-0.15, -0.1) is 0 Å². The molecule has 0 aliphatic heterocycles. The normalized spacial score (nSPS) is 18.1. The monoisotopic (exact) mass is 329 g/mol. The Hall–Kier alpha value is -1.82. The highest BCUT2D eigenvalue weighted by Crippen LogP contribution is 2.41. The van der Waals surface area contributed by atoms with E-state index >= 15 is 0 Å². The molecule has 0 unspecified atom stereocenters. The van der Waals surface area contributed by atoms with Gasteiger partial charge in [-0.05, 0) is 52.0 Å². The largest absolute Gasteiger partial charge is 0.0613 e. The summed E-state index contributed by atoms with van der Waals surface area (Å²) < 4.78 is 0. The zero-order valence-corrected chi connectivity index (χ0v) is 15.8. The van der Waals surface area contributed by atoms with Gasteiger partial charge >= 0.3 is 0 Å². The van der Waals surface area contributed by atoms with Gasteiger partial charge in [-0.25, -0.2) is 0 Å². The van der Waals surface area contributed by atoms with Gasteiger partial charge in [0.05, 0.1) is 0 Å². The van der Waals surface area contributed by atoms with Crippen LogP contribution in [-0.2, 0) is 5.41 Å². The maximum absolute atomic E-state index is 2.47. The second kappa shape index (κ2) is 6.48.